The topological polar surface area (TPSA) is 37.3 Å². The SMILES string of the molecule is CC(C)C1CCCCC1C(C)C(=O)O. The summed E-state index contributed by atoms with van der Waals surface area (Å²) in [4.78, 5) is 11.0. The summed E-state index contributed by atoms with van der Waals surface area (Å²) in [6, 6.07) is 0. The van der Waals surface area contributed by atoms with Gasteiger partial charge >= 0.3 is 5.97 Å². The number of aliphatic carboxylic acids is 1. The van der Waals surface area contributed by atoms with Crippen LogP contribution in [0.3, 0.4) is 0 Å². The van der Waals surface area contributed by atoms with Crippen molar-refractivity contribution in [1.82, 2.24) is 0 Å². The maximum absolute atomic E-state index is 11.0. The third-order valence-corrected chi connectivity index (χ3v) is 3.76. The van der Waals surface area contributed by atoms with Gasteiger partial charge in [-0.05, 0) is 30.6 Å². The number of hydrogen-bond donors (Lipinski definition) is 1. The minimum absolute atomic E-state index is 0.164. The van der Waals surface area contributed by atoms with Crippen LogP contribution in [0, 0.1) is 23.7 Å². The van der Waals surface area contributed by atoms with Gasteiger partial charge in [0.05, 0.1) is 5.92 Å². The minimum Gasteiger partial charge on any atom is -0.481 e. The molecular formula is C12H22O2. The van der Waals surface area contributed by atoms with Gasteiger partial charge in [-0.15, -0.1) is 0 Å². The predicted octanol–water partition coefficient (Wildman–Crippen LogP) is 3.17. The molecule has 0 heterocycles. The van der Waals surface area contributed by atoms with Gasteiger partial charge in [0.25, 0.3) is 0 Å². The molecule has 0 spiro atoms. The van der Waals surface area contributed by atoms with Crippen molar-refractivity contribution in [2.24, 2.45) is 23.7 Å². The molecule has 1 aliphatic carbocycles. The molecule has 3 unspecified atom stereocenters. The second-order valence-corrected chi connectivity index (χ2v) is 4.98. The molecule has 0 saturated heterocycles. The van der Waals surface area contributed by atoms with Crippen LogP contribution in [0.5, 0.6) is 0 Å². The summed E-state index contributed by atoms with van der Waals surface area (Å²) in [6.45, 7) is 6.31. The highest BCUT2D eigenvalue weighted by atomic mass is 16.4. The molecule has 1 saturated carbocycles. The van der Waals surface area contributed by atoms with Gasteiger partial charge in [0, 0.05) is 0 Å². The van der Waals surface area contributed by atoms with E-state index in [0.717, 1.165) is 6.42 Å². The van der Waals surface area contributed by atoms with Crippen LogP contribution in [0.4, 0.5) is 0 Å². The lowest BCUT2D eigenvalue weighted by molar-refractivity contribution is -0.144. The van der Waals surface area contributed by atoms with E-state index in [-0.39, 0.29) is 5.92 Å². The summed E-state index contributed by atoms with van der Waals surface area (Å²) in [5.74, 6) is 0.864. The molecule has 0 aromatic heterocycles. The Labute approximate surface area is 86.7 Å². The number of carbonyl (C=O) groups is 1. The lowest BCUT2D eigenvalue weighted by Crippen LogP contribution is -2.32. The number of hydrogen-bond acceptors (Lipinski definition) is 1. The fourth-order valence-electron chi connectivity index (χ4n) is 2.82. The Bertz CT molecular complexity index is 198. The van der Waals surface area contributed by atoms with Crippen LogP contribution in [0.15, 0.2) is 0 Å². The molecule has 0 aromatic rings. The molecule has 0 aliphatic heterocycles. The van der Waals surface area contributed by atoms with Gasteiger partial charge in [-0.1, -0.05) is 33.6 Å². The number of rotatable bonds is 3. The quantitative estimate of drug-likeness (QED) is 0.756. The van der Waals surface area contributed by atoms with Crippen molar-refractivity contribution in [3.63, 3.8) is 0 Å². The van der Waals surface area contributed by atoms with Gasteiger partial charge in [-0.25, -0.2) is 0 Å². The molecule has 1 fully saturated rings. The zero-order valence-electron chi connectivity index (χ0n) is 9.49. The fraction of sp³-hybridized carbons (Fsp3) is 0.917. The largest absolute Gasteiger partial charge is 0.481 e. The minimum atomic E-state index is -0.623. The first-order valence-electron chi connectivity index (χ1n) is 5.76. The Hall–Kier alpha value is -0.530. The van der Waals surface area contributed by atoms with Crippen LogP contribution in [-0.2, 0) is 4.79 Å². The van der Waals surface area contributed by atoms with E-state index in [1.165, 1.54) is 19.3 Å². The second-order valence-electron chi connectivity index (χ2n) is 4.98. The average molecular weight is 198 g/mol. The van der Waals surface area contributed by atoms with E-state index in [1.54, 1.807) is 0 Å². The van der Waals surface area contributed by atoms with E-state index in [0.29, 0.717) is 17.8 Å². The summed E-state index contributed by atoms with van der Waals surface area (Å²) in [5, 5.41) is 9.03. The first-order valence-corrected chi connectivity index (χ1v) is 5.76. The summed E-state index contributed by atoms with van der Waals surface area (Å²) < 4.78 is 0. The van der Waals surface area contributed by atoms with E-state index < -0.39 is 5.97 Å². The van der Waals surface area contributed by atoms with Crippen LogP contribution in [-0.4, -0.2) is 11.1 Å². The standard InChI is InChI=1S/C12H22O2/c1-8(2)10-6-4-5-7-11(10)9(3)12(13)14/h8-11H,4-7H2,1-3H3,(H,13,14). The summed E-state index contributed by atoms with van der Waals surface area (Å²) in [7, 11) is 0. The third-order valence-electron chi connectivity index (χ3n) is 3.76. The van der Waals surface area contributed by atoms with Gasteiger partial charge in [-0.3, -0.25) is 4.79 Å². The molecule has 1 aliphatic rings. The highest BCUT2D eigenvalue weighted by molar-refractivity contribution is 5.69. The Kier molecular flexibility index (Phi) is 3.97. The van der Waals surface area contributed by atoms with E-state index >= 15 is 0 Å². The summed E-state index contributed by atoms with van der Waals surface area (Å²) >= 11 is 0. The van der Waals surface area contributed by atoms with Gasteiger partial charge in [0.2, 0.25) is 0 Å². The second kappa shape index (κ2) is 4.81. The Morgan fingerprint density at radius 1 is 1.14 bits per heavy atom. The maximum Gasteiger partial charge on any atom is 0.306 e. The zero-order chi connectivity index (χ0) is 10.7. The van der Waals surface area contributed by atoms with Gasteiger partial charge in [0.1, 0.15) is 0 Å². The van der Waals surface area contributed by atoms with Gasteiger partial charge < -0.3 is 5.11 Å². The van der Waals surface area contributed by atoms with Crippen LogP contribution in [0.1, 0.15) is 46.5 Å². The van der Waals surface area contributed by atoms with Crippen LogP contribution < -0.4 is 0 Å². The van der Waals surface area contributed by atoms with Crippen LogP contribution in [0.2, 0.25) is 0 Å². The third kappa shape index (κ3) is 2.49. The average Bonchev–Trinajstić information content (AvgIpc) is 2.16. The van der Waals surface area contributed by atoms with Crippen molar-refractivity contribution in [1.29, 1.82) is 0 Å². The Balaban J connectivity index is 2.67. The molecule has 1 N–H and O–H groups in total. The van der Waals surface area contributed by atoms with Crippen LogP contribution >= 0.6 is 0 Å². The highest BCUT2D eigenvalue weighted by Crippen LogP contribution is 2.39. The Morgan fingerprint density at radius 2 is 1.64 bits per heavy atom. The summed E-state index contributed by atoms with van der Waals surface area (Å²) in [5.41, 5.74) is 0. The molecule has 0 aromatic carbocycles. The lowest BCUT2D eigenvalue weighted by atomic mass is 9.68. The molecule has 0 amide bonds. The Morgan fingerprint density at radius 3 is 2.07 bits per heavy atom. The maximum atomic E-state index is 11.0. The number of carboxylic acid groups (broad SMARTS) is 1. The molecular weight excluding hydrogens is 176 g/mol. The van der Waals surface area contributed by atoms with Gasteiger partial charge in [-0.2, -0.15) is 0 Å². The molecule has 0 bridgehead atoms. The highest BCUT2D eigenvalue weighted by Gasteiger charge is 2.34. The molecule has 3 atom stereocenters. The van der Waals surface area contributed by atoms with Crippen molar-refractivity contribution >= 4 is 5.97 Å². The van der Waals surface area contributed by atoms with E-state index in [1.807, 2.05) is 6.92 Å². The molecule has 0 radical (unpaired) electrons. The normalized spacial score (nSPS) is 30.3. The van der Waals surface area contributed by atoms with Crippen molar-refractivity contribution in [3.05, 3.63) is 0 Å². The predicted molar refractivity (Wildman–Crippen MR) is 57.1 cm³/mol. The van der Waals surface area contributed by atoms with Crippen molar-refractivity contribution in [2.45, 2.75) is 46.5 Å². The number of carboxylic acids is 1. The van der Waals surface area contributed by atoms with Crippen molar-refractivity contribution in [2.75, 3.05) is 0 Å². The van der Waals surface area contributed by atoms with E-state index in [4.69, 9.17) is 5.11 Å². The molecule has 2 heteroatoms. The molecule has 2 nitrogen and oxygen atoms in total. The van der Waals surface area contributed by atoms with Gasteiger partial charge in [0.15, 0.2) is 0 Å². The van der Waals surface area contributed by atoms with Crippen LogP contribution in [0.25, 0.3) is 0 Å². The van der Waals surface area contributed by atoms with Crippen molar-refractivity contribution in [3.8, 4) is 0 Å². The smallest absolute Gasteiger partial charge is 0.306 e. The monoisotopic (exact) mass is 198 g/mol. The van der Waals surface area contributed by atoms with Crippen molar-refractivity contribution < 1.29 is 9.90 Å². The van der Waals surface area contributed by atoms with E-state index in [9.17, 15) is 4.79 Å². The first-order chi connectivity index (χ1) is 6.54. The molecule has 1 rings (SSSR count). The lowest BCUT2D eigenvalue weighted by Gasteiger charge is -2.36. The molecule has 14 heavy (non-hydrogen) atoms. The summed E-state index contributed by atoms with van der Waals surface area (Å²) in [6.07, 6.45) is 4.83. The first kappa shape index (κ1) is 11.5. The zero-order valence-corrected chi connectivity index (χ0v) is 9.49. The molecule has 82 valence electrons. The fourth-order valence-corrected chi connectivity index (χ4v) is 2.82. The van der Waals surface area contributed by atoms with E-state index in [2.05, 4.69) is 13.8 Å².